The maximum Gasteiger partial charge on any atom is 0.132 e. The van der Waals surface area contributed by atoms with Crippen molar-refractivity contribution in [2.24, 2.45) is 5.92 Å². The second kappa shape index (κ2) is 5.27. The number of ether oxygens (including phenoxy) is 1. The lowest BCUT2D eigenvalue weighted by Gasteiger charge is -2.40. The van der Waals surface area contributed by atoms with Crippen molar-refractivity contribution in [3.8, 4) is 5.75 Å². The Morgan fingerprint density at radius 1 is 1.44 bits per heavy atom. The van der Waals surface area contributed by atoms with Crippen molar-refractivity contribution in [2.45, 2.75) is 44.6 Å². The van der Waals surface area contributed by atoms with Crippen LogP contribution < -0.4 is 4.74 Å². The number of hydrogen-bond acceptors (Lipinski definition) is 2. The molecule has 1 N–H and O–H groups in total. The van der Waals surface area contributed by atoms with E-state index < -0.39 is 5.60 Å². The van der Waals surface area contributed by atoms with Crippen LogP contribution in [0, 0.1) is 11.7 Å². The molecule has 1 fully saturated rings. The zero-order valence-electron chi connectivity index (χ0n) is 11.1. The van der Waals surface area contributed by atoms with Gasteiger partial charge in [0.05, 0.1) is 12.7 Å². The molecule has 18 heavy (non-hydrogen) atoms. The predicted molar refractivity (Wildman–Crippen MR) is 69.1 cm³/mol. The Balaban J connectivity index is 2.38. The molecule has 0 bridgehead atoms. The van der Waals surface area contributed by atoms with Gasteiger partial charge in [-0.25, -0.2) is 4.39 Å². The minimum absolute atomic E-state index is 0.147. The SMILES string of the molecule is CCC1CCCCC1(O)c1ccc(OC)cc1F. The maximum absolute atomic E-state index is 14.1. The van der Waals surface area contributed by atoms with Crippen molar-refractivity contribution in [1.82, 2.24) is 0 Å². The van der Waals surface area contributed by atoms with Gasteiger partial charge < -0.3 is 9.84 Å². The third-order valence-corrected chi connectivity index (χ3v) is 4.17. The lowest BCUT2D eigenvalue weighted by molar-refractivity contribution is -0.0583. The molecule has 1 aliphatic rings. The Morgan fingerprint density at radius 2 is 2.22 bits per heavy atom. The summed E-state index contributed by atoms with van der Waals surface area (Å²) in [7, 11) is 1.51. The second-order valence-corrected chi connectivity index (χ2v) is 5.12. The Kier molecular flexibility index (Phi) is 3.91. The fourth-order valence-electron chi connectivity index (χ4n) is 3.10. The number of halogens is 1. The summed E-state index contributed by atoms with van der Waals surface area (Å²) < 4.78 is 19.1. The van der Waals surface area contributed by atoms with Gasteiger partial charge in [-0.15, -0.1) is 0 Å². The summed E-state index contributed by atoms with van der Waals surface area (Å²) in [6.07, 6.45) is 4.58. The van der Waals surface area contributed by atoms with Crippen LogP contribution >= 0.6 is 0 Å². The monoisotopic (exact) mass is 252 g/mol. The highest BCUT2D eigenvalue weighted by Gasteiger charge is 2.41. The van der Waals surface area contributed by atoms with E-state index in [-0.39, 0.29) is 11.7 Å². The quantitative estimate of drug-likeness (QED) is 0.890. The van der Waals surface area contributed by atoms with Crippen LogP contribution in [0.3, 0.4) is 0 Å². The van der Waals surface area contributed by atoms with Crippen LogP contribution in [0.25, 0.3) is 0 Å². The molecule has 1 aliphatic carbocycles. The Labute approximate surface area is 108 Å². The molecule has 0 heterocycles. The first-order chi connectivity index (χ1) is 8.61. The van der Waals surface area contributed by atoms with Crippen LogP contribution in [-0.4, -0.2) is 12.2 Å². The minimum atomic E-state index is -1.01. The molecule has 0 aliphatic heterocycles. The number of aliphatic hydroxyl groups is 1. The molecule has 0 aromatic heterocycles. The Hall–Kier alpha value is -1.09. The zero-order valence-corrected chi connectivity index (χ0v) is 11.1. The Morgan fingerprint density at radius 3 is 2.83 bits per heavy atom. The second-order valence-electron chi connectivity index (χ2n) is 5.12. The fraction of sp³-hybridized carbons (Fsp3) is 0.600. The molecule has 1 aromatic carbocycles. The molecule has 1 saturated carbocycles. The zero-order chi connectivity index (χ0) is 13.2. The summed E-state index contributed by atoms with van der Waals surface area (Å²) >= 11 is 0. The van der Waals surface area contributed by atoms with Gasteiger partial charge in [0, 0.05) is 11.6 Å². The average Bonchev–Trinajstić information content (AvgIpc) is 2.38. The average molecular weight is 252 g/mol. The van der Waals surface area contributed by atoms with E-state index in [1.165, 1.54) is 13.2 Å². The van der Waals surface area contributed by atoms with Gasteiger partial charge in [-0.2, -0.15) is 0 Å². The molecule has 3 heteroatoms. The number of hydrogen-bond donors (Lipinski definition) is 1. The minimum Gasteiger partial charge on any atom is -0.497 e. The van der Waals surface area contributed by atoms with Gasteiger partial charge in [-0.1, -0.05) is 26.2 Å². The molecule has 2 nitrogen and oxygen atoms in total. The molecule has 2 unspecified atom stereocenters. The highest BCUT2D eigenvalue weighted by molar-refractivity contribution is 5.33. The number of benzene rings is 1. The molecule has 0 amide bonds. The number of methoxy groups -OCH3 is 1. The van der Waals surface area contributed by atoms with Gasteiger partial charge in [0.2, 0.25) is 0 Å². The van der Waals surface area contributed by atoms with Crippen molar-refractivity contribution in [3.05, 3.63) is 29.6 Å². The van der Waals surface area contributed by atoms with E-state index in [1.807, 2.05) is 0 Å². The van der Waals surface area contributed by atoms with E-state index >= 15 is 0 Å². The standard InChI is InChI=1S/C15H21FO2/c1-3-11-6-4-5-9-15(11,17)13-8-7-12(18-2)10-14(13)16/h7-8,10-11,17H,3-6,9H2,1-2H3. The molecule has 0 spiro atoms. The highest BCUT2D eigenvalue weighted by Crippen LogP contribution is 2.44. The van der Waals surface area contributed by atoms with Crippen molar-refractivity contribution in [3.63, 3.8) is 0 Å². The topological polar surface area (TPSA) is 29.5 Å². The van der Waals surface area contributed by atoms with Crippen LogP contribution in [0.2, 0.25) is 0 Å². The Bertz CT molecular complexity index is 419. The van der Waals surface area contributed by atoms with E-state index in [2.05, 4.69) is 6.92 Å². The van der Waals surface area contributed by atoms with Gasteiger partial charge in [0.1, 0.15) is 11.6 Å². The van der Waals surface area contributed by atoms with Crippen molar-refractivity contribution < 1.29 is 14.2 Å². The van der Waals surface area contributed by atoms with E-state index in [1.54, 1.807) is 12.1 Å². The van der Waals surface area contributed by atoms with Crippen molar-refractivity contribution in [1.29, 1.82) is 0 Å². The van der Waals surface area contributed by atoms with Crippen LogP contribution in [0.4, 0.5) is 4.39 Å². The van der Waals surface area contributed by atoms with Gasteiger partial charge in [-0.3, -0.25) is 0 Å². The molecular weight excluding hydrogens is 231 g/mol. The van der Waals surface area contributed by atoms with E-state index in [9.17, 15) is 9.50 Å². The van der Waals surface area contributed by atoms with Gasteiger partial charge in [0.15, 0.2) is 0 Å². The number of rotatable bonds is 3. The molecule has 2 rings (SSSR count). The summed E-state index contributed by atoms with van der Waals surface area (Å²) in [5.74, 6) is 0.273. The van der Waals surface area contributed by atoms with E-state index in [4.69, 9.17) is 4.74 Å². The summed E-state index contributed by atoms with van der Waals surface area (Å²) in [6.45, 7) is 2.06. The first-order valence-electron chi connectivity index (χ1n) is 6.68. The van der Waals surface area contributed by atoms with Crippen LogP contribution in [-0.2, 0) is 5.60 Å². The molecule has 100 valence electrons. The highest BCUT2D eigenvalue weighted by atomic mass is 19.1. The van der Waals surface area contributed by atoms with Crippen LogP contribution in [0.15, 0.2) is 18.2 Å². The molecule has 2 atom stereocenters. The van der Waals surface area contributed by atoms with Crippen LogP contribution in [0.1, 0.15) is 44.6 Å². The summed E-state index contributed by atoms with van der Waals surface area (Å²) in [6, 6.07) is 4.74. The van der Waals surface area contributed by atoms with Crippen molar-refractivity contribution in [2.75, 3.05) is 7.11 Å². The smallest absolute Gasteiger partial charge is 0.132 e. The van der Waals surface area contributed by atoms with Gasteiger partial charge in [0.25, 0.3) is 0 Å². The van der Waals surface area contributed by atoms with Gasteiger partial charge in [-0.05, 0) is 30.9 Å². The summed E-state index contributed by atoms with van der Waals surface area (Å²) in [5, 5.41) is 10.9. The fourth-order valence-corrected chi connectivity index (χ4v) is 3.10. The third kappa shape index (κ3) is 2.24. The molecular formula is C15H21FO2. The third-order valence-electron chi connectivity index (χ3n) is 4.17. The summed E-state index contributed by atoms with van der Waals surface area (Å²) in [4.78, 5) is 0. The largest absolute Gasteiger partial charge is 0.497 e. The molecule has 0 radical (unpaired) electrons. The predicted octanol–water partition coefficient (Wildman–Crippen LogP) is 3.62. The van der Waals surface area contributed by atoms with E-state index in [0.29, 0.717) is 17.7 Å². The van der Waals surface area contributed by atoms with Gasteiger partial charge >= 0.3 is 0 Å². The van der Waals surface area contributed by atoms with E-state index in [0.717, 1.165) is 25.7 Å². The lowest BCUT2D eigenvalue weighted by Crippen LogP contribution is -2.38. The summed E-state index contributed by atoms with van der Waals surface area (Å²) in [5.41, 5.74) is -0.585. The first-order valence-corrected chi connectivity index (χ1v) is 6.68. The molecule has 1 aromatic rings. The lowest BCUT2D eigenvalue weighted by atomic mass is 9.70. The van der Waals surface area contributed by atoms with Crippen LogP contribution in [0.5, 0.6) is 5.75 Å². The van der Waals surface area contributed by atoms with Crippen molar-refractivity contribution >= 4 is 0 Å². The maximum atomic E-state index is 14.1. The normalized spacial score (nSPS) is 28.1. The first kappa shape index (κ1) is 13.3. The molecule has 0 saturated heterocycles.